The first-order valence-corrected chi connectivity index (χ1v) is 21.2. The van der Waals surface area contributed by atoms with Crippen LogP contribution in [0.15, 0.2) is 140 Å². The number of aromatic nitrogens is 4. The van der Waals surface area contributed by atoms with Gasteiger partial charge >= 0.3 is 0 Å². The molecule has 2 aliphatic rings. The van der Waals surface area contributed by atoms with Crippen LogP contribution < -0.4 is 9.30 Å². The van der Waals surface area contributed by atoms with Crippen molar-refractivity contribution >= 4 is 32.8 Å². The molecule has 60 heavy (non-hydrogen) atoms. The van der Waals surface area contributed by atoms with Gasteiger partial charge in [-0.3, -0.25) is 4.57 Å². The Morgan fingerprint density at radius 1 is 0.583 bits per heavy atom. The molecule has 6 aromatic carbocycles. The van der Waals surface area contributed by atoms with E-state index in [0.717, 1.165) is 44.9 Å². The summed E-state index contributed by atoms with van der Waals surface area (Å²) >= 11 is 0. The van der Waals surface area contributed by atoms with Crippen molar-refractivity contribution in [3.05, 3.63) is 190 Å². The first-order chi connectivity index (χ1) is 28.7. The van der Waals surface area contributed by atoms with Crippen LogP contribution in [0.25, 0.3) is 44.3 Å². The first-order valence-electron chi connectivity index (χ1n) is 21.2. The molecule has 3 aromatic heterocycles. The number of benzene rings is 6. The first kappa shape index (κ1) is 36.6. The predicted molar refractivity (Wildman–Crippen MR) is 243 cm³/mol. The van der Waals surface area contributed by atoms with E-state index >= 15 is 0 Å². The number of fused-ring (bicyclic) bond motifs is 11. The van der Waals surface area contributed by atoms with Crippen LogP contribution in [0, 0.1) is 6.33 Å². The number of imidazole rings is 1. The number of rotatable bonds is 3. The Hall–Kier alpha value is -6.46. The van der Waals surface area contributed by atoms with Crippen LogP contribution in [-0.4, -0.2) is 14.1 Å². The van der Waals surface area contributed by atoms with Crippen molar-refractivity contribution in [3.8, 4) is 23.0 Å². The Balaban J connectivity index is 1.19. The van der Waals surface area contributed by atoms with Crippen LogP contribution in [0.5, 0.6) is 11.5 Å². The summed E-state index contributed by atoms with van der Waals surface area (Å²) in [6.07, 6.45) is 5.58. The number of aryl methyl sites for hydroxylation is 1. The number of ether oxygens (including phenoxy) is 1. The largest absolute Gasteiger partial charge is 0.458 e. The molecule has 0 saturated heterocycles. The van der Waals surface area contributed by atoms with Gasteiger partial charge in [-0.1, -0.05) is 140 Å². The molecule has 296 valence electrons. The monoisotopic (exact) mass is 782 g/mol. The van der Waals surface area contributed by atoms with Gasteiger partial charge in [-0.05, 0) is 97.8 Å². The van der Waals surface area contributed by atoms with Crippen molar-refractivity contribution in [3.63, 3.8) is 0 Å². The molecule has 0 amide bonds. The third-order valence-corrected chi connectivity index (χ3v) is 13.6. The molecule has 0 N–H and O–H groups in total. The standard InChI is InChI=1S/C55H50N4O/c1-52(2,3)34-20-25-40-44(29-34)55(45-30-35(53(4,5)6)21-26-41(45)54(40,7)8)42-27-23-37(32-49(42)58-33-57(9)47-18-14-16-43(55)51(47)58)60-36-22-24-39-38-15-10-11-17-46(38)59(48(39)31-36)50-19-12-13-28-56-50/h10-32H,1-9H3. The van der Waals surface area contributed by atoms with E-state index in [2.05, 4.69) is 204 Å². The second-order valence-electron chi connectivity index (χ2n) is 19.6. The molecule has 11 rings (SSSR count). The molecule has 9 aromatic rings. The Labute approximate surface area is 352 Å². The fourth-order valence-corrected chi connectivity index (χ4v) is 10.5. The lowest BCUT2D eigenvalue weighted by Gasteiger charge is -2.51. The molecule has 0 bridgehead atoms. The van der Waals surface area contributed by atoms with Crippen LogP contribution in [-0.2, 0) is 28.7 Å². The zero-order valence-corrected chi connectivity index (χ0v) is 36.0. The highest BCUT2D eigenvalue weighted by molar-refractivity contribution is 6.09. The molecule has 1 aliphatic carbocycles. The number of hydrogen-bond acceptors (Lipinski definition) is 2. The normalized spacial score (nSPS) is 15.0. The van der Waals surface area contributed by atoms with E-state index in [0.29, 0.717) is 0 Å². The summed E-state index contributed by atoms with van der Waals surface area (Å²) in [5, 5.41) is 2.34. The van der Waals surface area contributed by atoms with Gasteiger partial charge in [0, 0.05) is 28.5 Å². The second-order valence-corrected chi connectivity index (χ2v) is 19.6. The zero-order chi connectivity index (χ0) is 41.5. The molecule has 5 heteroatoms. The average molecular weight is 783 g/mol. The topological polar surface area (TPSA) is 35.9 Å². The highest BCUT2D eigenvalue weighted by Gasteiger charge is 2.52. The summed E-state index contributed by atoms with van der Waals surface area (Å²) in [6, 6.07) is 49.2. The zero-order valence-electron chi connectivity index (χ0n) is 36.0. The van der Waals surface area contributed by atoms with Crippen LogP contribution >= 0.6 is 0 Å². The van der Waals surface area contributed by atoms with Gasteiger partial charge in [0.1, 0.15) is 17.3 Å². The number of nitrogens with zero attached hydrogens (tertiary/aromatic N) is 4. The van der Waals surface area contributed by atoms with Crippen LogP contribution in [0.2, 0.25) is 0 Å². The summed E-state index contributed by atoms with van der Waals surface area (Å²) in [4.78, 5) is 4.76. The molecular weight excluding hydrogens is 733 g/mol. The maximum atomic E-state index is 6.94. The Kier molecular flexibility index (Phi) is 7.50. The fourth-order valence-electron chi connectivity index (χ4n) is 10.5. The van der Waals surface area contributed by atoms with Gasteiger partial charge in [-0.2, -0.15) is 0 Å². The van der Waals surface area contributed by atoms with Gasteiger partial charge in [-0.15, -0.1) is 0 Å². The summed E-state index contributed by atoms with van der Waals surface area (Å²) in [5.41, 5.74) is 15.2. The SMILES string of the molecule is C[n+]1[c-]n2c3c(cccc31)C1(c3ccc(Oc4ccc5c6ccccc6n(-c6ccccn6)c5c4)cc3-2)c2cc(C(C)(C)C)ccc2C(C)(C)c2ccc(C(C)(C)C)cc21. The molecule has 4 heterocycles. The molecule has 0 saturated carbocycles. The fraction of sp³-hybridized carbons (Fsp3) is 0.236. The minimum Gasteiger partial charge on any atom is -0.458 e. The maximum Gasteiger partial charge on any atom is 0.244 e. The van der Waals surface area contributed by atoms with E-state index in [1.165, 1.54) is 55.4 Å². The van der Waals surface area contributed by atoms with Gasteiger partial charge in [0.15, 0.2) is 0 Å². The number of para-hydroxylation sites is 2. The van der Waals surface area contributed by atoms with Crippen LogP contribution in [0.4, 0.5) is 0 Å². The van der Waals surface area contributed by atoms with Crippen LogP contribution in [0.1, 0.15) is 99.9 Å². The van der Waals surface area contributed by atoms with Crippen molar-refractivity contribution < 1.29 is 9.30 Å². The van der Waals surface area contributed by atoms with E-state index in [9.17, 15) is 0 Å². The minimum atomic E-state index is -0.617. The molecule has 1 spiro atoms. The minimum absolute atomic E-state index is 0.0427. The lowest BCUT2D eigenvalue weighted by atomic mass is 9.52. The summed E-state index contributed by atoms with van der Waals surface area (Å²) < 4.78 is 13.6. The van der Waals surface area contributed by atoms with Gasteiger partial charge in [0.25, 0.3) is 0 Å². The smallest absolute Gasteiger partial charge is 0.244 e. The molecular formula is C55H50N4O. The molecule has 0 fully saturated rings. The van der Waals surface area contributed by atoms with E-state index in [1.54, 1.807) is 0 Å². The summed E-state index contributed by atoms with van der Waals surface area (Å²) in [7, 11) is 2.11. The van der Waals surface area contributed by atoms with Gasteiger partial charge in [0.2, 0.25) is 6.33 Å². The maximum absolute atomic E-state index is 6.94. The van der Waals surface area contributed by atoms with Crippen molar-refractivity contribution in [2.45, 2.75) is 77.0 Å². The summed E-state index contributed by atoms with van der Waals surface area (Å²) in [5.74, 6) is 2.41. The molecule has 0 atom stereocenters. The third kappa shape index (κ3) is 4.98. The third-order valence-electron chi connectivity index (χ3n) is 13.6. The predicted octanol–water partition coefficient (Wildman–Crippen LogP) is 12.5. The Morgan fingerprint density at radius 2 is 1.22 bits per heavy atom. The van der Waals surface area contributed by atoms with Crippen molar-refractivity contribution in [1.82, 2.24) is 14.1 Å². The van der Waals surface area contributed by atoms with E-state index in [4.69, 9.17) is 9.72 Å². The molecule has 1 aliphatic heterocycles. The van der Waals surface area contributed by atoms with Gasteiger partial charge < -0.3 is 13.9 Å². The van der Waals surface area contributed by atoms with E-state index in [-0.39, 0.29) is 16.2 Å². The Bertz CT molecular complexity index is 3170. The molecule has 5 nitrogen and oxygen atoms in total. The molecule has 0 radical (unpaired) electrons. The number of hydrogen-bond donors (Lipinski definition) is 0. The lowest BCUT2D eigenvalue weighted by molar-refractivity contribution is -0.649. The van der Waals surface area contributed by atoms with E-state index in [1.807, 2.05) is 18.3 Å². The highest BCUT2D eigenvalue weighted by atomic mass is 16.5. The quantitative estimate of drug-likeness (QED) is 0.132. The average Bonchev–Trinajstić information content (AvgIpc) is 3.75. The van der Waals surface area contributed by atoms with Gasteiger partial charge in [-0.25, -0.2) is 4.98 Å². The second kappa shape index (κ2) is 12.3. The molecule has 0 unspecified atom stereocenters. The number of pyridine rings is 1. The Morgan fingerprint density at radius 3 is 1.90 bits per heavy atom. The van der Waals surface area contributed by atoms with Crippen molar-refractivity contribution in [2.24, 2.45) is 7.05 Å². The van der Waals surface area contributed by atoms with Crippen molar-refractivity contribution in [1.29, 1.82) is 0 Å². The lowest BCUT2D eigenvalue weighted by Crippen LogP contribution is -2.44. The van der Waals surface area contributed by atoms with Crippen molar-refractivity contribution in [2.75, 3.05) is 0 Å². The summed E-state index contributed by atoms with van der Waals surface area (Å²) in [6.45, 7) is 18.8. The van der Waals surface area contributed by atoms with Crippen LogP contribution in [0.3, 0.4) is 0 Å². The van der Waals surface area contributed by atoms with Gasteiger partial charge in [0.05, 0.1) is 40.2 Å². The highest BCUT2D eigenvalue weighted by Crippen LogP contribution is 2.60. The van der Waals surface area contributed by atoms with E-state index < -0.39 is 5.41 Å².